The van der Waals surface area contributed by atoms with Gasteiger partial charge in [0.2, 0.25) is 5.88 Å². The Kier molecular flexibility index (Phi) is 6.04. The van der Waals surface area contributed by atoms with E-state index in [0.717, 1.165) is 5.56 Å². The molecule has 2 aliphatic rings. The SMILES string of the molecule is NC(=O)C1=N\C=C/N=C/C=C\C=C/C=C\C=C/c2cccnc2OC2=C1C2. The Bertz CT molecular complexity index is 960. The second-order valence-corrected chi connectivity index (χ2v) is 5.53. The monoisotopic (exact) mass is 358 g/mol. The van der Waals surface area contributed by atoms with Crippen molar-refractivity contribution < 1.29 is 9.53 Å². The second-order valence-electron chi connectivity index (χ2n) is 5.53. The van der Waals surface area contributed by atoms with Gasteiger partial charge in [-0.1, -0.05) is 36.5 Å². The van der Waals surface area contributed by atoms with Gasteiger partial charge in [0, 0.05) is 42.4 Å². The molecule has 0 saturated carbocycles. The first-order valence-electron chi connectivity index (χ1n) is 8.33. The number of rotatable bonds is 1. The van der Waals surface area contributed by atoms with E-state index in [9.17, 15) is 4.79 Å². The number of aliphatic imine (C=N–C) groups is 2. The van der Waals surface area contributed by atoms with Crippen molar-refractivity contribution in [1.29, 1.82) is 0 Å². The summed E-state index contributed by atoms with van der Waals surface area (Å²) >= 11 is 0. The molecule has 1 amide bonds. The Morgan fingerprint density at radius 2 is 1.81 bits per heavy atom. The zero-order valence-electron chi connectivity index (χ0n) is 14.5. The van der Waals surface area contributed by atoms with Crippen molar-refractivity contribution in [1.82, 2.24) is 4.98 Å². The second kappa shape index (κ2) is 9.05. The molecule has 6 nitrogen and oxygen atoms in total. The molecule has 3 rings (SSSR count). The van der Waals surface area contributed by atoms with Crippen LogP contribution in [0.15, 0.2) is 94.6 Å². The molecule has 134 valence electrons. The van der Waals surface area contributed by atoms with E-state index in [1.807, 2.05) is 54.7 Å². The molecule has 1 aliphatic carbocycles. The summed E-state index contributed by atoms with van der Waals surface area (Å²) in [4.78, 5) is 24.1. The lowest BCUT2D eigenvalue weighted by atomic mass is 10.2. The number of aromatic nitrogens is 1. The number of carbonyl (C=O) groups is 1. The molecule has 6 heteroatoms. The number of pyridine rings is 1. The highest BCUT2D eigenvalue weighted by Gasteiger charge is 2.32. The Morgan fingerprint density at radius 1 is 1.04 bits per heavy atom. The third-order valence-electron chi connectivity index (χ3n) is 3.56. The number of hydrogen-bond donors (Lipinski definition) is 1. The number of nitrogens with zero attached hydrogens (tertiary/aromatic N) is 3. The number of nitrogens with two attached hydrogens (primary N) is 1. The molecular weight excluding hydrogens is 340 g/mol. The lowest BCUT2D eigenvalue weighted by Crippen LogP contribution is -2.22. The van der Waals surface area contributed by atoms with Crippen molar-refractivity contribution in [2.75, 3.05) is 0 Å². The third kappa shape index (κ3) is 5.34. The van der Waals surface area contributed by atoms with E-state index >= 15 is 0 Å². The molecular formula is C21H18N4O2. The lowest BCUT2D eigenvalue weighted by molar-refractivity contribution is -0.111. The summed E-state index contributed by atoms with van der Waals surface area (Å²) in [5.74, 6) is 0.490. The Balaban J connectivity index is 1.93. The van der Waals surface area contributed by atoms with Crippen molar-refractivity contribution in [2.45, 2.75) is 6.42 Å². The largest absolute Gasteiger partial charge is 0.442 e. The van der Waals surface area contributed by atoms with Crippen LogP contribution in [-0.2, 0) is 4.79 Å². The summed E-state index contributed by atoms with van der Waals surface area (Å²) < 4.78 is 5.84. The van der Waals surface area contributed by atoms with E-state index in [1.54, 1.807) is 18.5 Å². The summed E-state index contributed by atoms with van der Waals surface area (Å²) in [6.07, 6.45) is 21.7. The van der Waals surface area contributed by atoms with Crippen LogP contribution in [0.3, 0.4) is 0 Å². The first-order chi connectivity index (χ1) is 13.3. The maximum Gasteiger partial charge on any atom is 0.267 e. The summed E-state index contributed by atoms with van der Waals surface area (Å²) in [6.45, 7) is 0. The molecule has 2 heterocycles. The average molecular weight is 358 g/mol. The predicted molar refractivity (Wildman–Crippen MR) is 107 cm³/mol. The highest BCUT2D eigenvalue weighted by atomic mass is 16.5. The van der Waals surface area contributed by atoms with Crippen molar-refractivity contribution in [3.05, 3.63) is 90.2 Å². The lowest BCUT2D eigenvalue weighted by Gasteiger charge is -2.03. The van der Waals surface area contributed by atoms with Crippen molar-refractivity contribution in [3.8, 4) is 5.88 Å². The smallest absolute Gasteiger partial charge is 0.267 e. The van der Waals surface area contributed by atoms with Crippen molar-refractivity contribution in [3.63, 3.8) is 0 Å². The Morgan fingerprint density at radius 3 is 2.63 bits per heavy atom. The van der Waals surface area contributed by atoms with Crippen LogP contribution in [0.4, 0.5) is 0 Å². The van der Waals surface area contributed by atoms with Crippen LogP contribution >= 0.6 is 0 Å². The zero-order chi connectivity index (χ0) is 18.9. The van der Waals surface area contributed by atoms with Gasteiger partial charge < -0.3 is 10.5 Å². The number of primary amides is 1. The quantitative estimate of drug-likeness (QED) is 0.835. The van der Waals surface area contributed by atoms with Gasteiger partial charge in [-0.15, -0.1) is 0 Å². The summed E-state index contributed by atoms with van der Waals surface area (Å²) in [6, 6.07) is 3.74. The predicted octanol–water partition coefficient (Wildman–Crippen LogP) is 3.28. The number of ether oxygens (including phenoxy) is 1. The van der Waals surface area contributed by atoms with E-state index in [1.165, 1.54) is 12.4 Å². The molecule has 0 fully saturated rings. The first-order valence-corrected chi connectivity index (χ1v) is 8.33. The molecule has 0 spiro atoms. The first kappa shape index (κ1) is 18.0. The molecule has 0 radical (unpaired) electrons. The topological polar surface area (TPSA) is 89.9 Å². The van der Waals surface area contributed by atoms with Gasteiger partial charge in [0.15, 0.2) is 0 Å². The van der Waals surface area contributed by atoms with Crippen LogP contribution in [0, 0.1) is 0 Å². The zero-order valence-corrected chi connectivity index (χ0v) is 14.5. The molecule has 27 heavy (non-hydrogen) atoms. The fourth-order valence-corrected chi connectivity index (χ4v) is 2.23. The molecule has 0 saturated heterocycles. The van der Waals surface area contributed by atoms with Gasteiger partial charge in [-0.3, -0.25) is 9.79 Å². The summed E-state index contributed by atoms with van der Waals surface area (Å²) in [5, 5.41) is 0. The van der Waals surface area contributed by atoms with Crippen LogP contribution in [0.25, 0.3) is 6.08 Å². The number of allylic oxidation sites excluding steroid dienone is 8. The van der Waals surface area contributed by atoms with Gasteiger partial charge in [0.25, 0.3) is 5.91 Å². The molecule has 1 aromatic heterocycles. The van der Waals surface area contributed by atoms with Crippen molar-refractivity contribution in [2.24, 2.45) is 15.7 Å². The fraction of sp³-hybridized carbons (Fsp3) is 0.0476. The maximum atomic E-state index is 11.7. The molecule has 1 aromatic rings. The van der Waals surface area contributed by atoms with Crippen LogP contribution in [0.5, 0.6) is 5.88 Å². The minimum absolute atomic E-state index is 0.170. The molecule has 1 aliphatic heterocycles. The Hall–Kier alpha value is -3.80. The molecule has 0 aromatic carbocycles. The van der Waals surface area contributed by atoms with E-state index in [2.05, 4.69) is 15.0 Å². The summed E-state index contributed by atoms with van der Waals surface area (Å²) in [7, 11) is 0. The normalized spacial score (nSPS) is 23.6. The number of carbonyl (C=O) groups excluding carboxylic acids is 1. The van der Waals surface area contributed by atoms with Gasteiger partial charge in [-0.05, 0) is 24.3 Å². The minimum Gasteiger partial charge on any atom is -0.442 e. The van der Waals surface area contributed by atoms with E-state index in [-0.39, 0.29) is 5.71 Å². The number of hydrogen-bond acceptors (Lipinski definition) is 5. The van der Waals surface area contributed by atoms with Gasteiger partial charge >= 0.3 is 0 Å². The average Bonchev–Trinajstić information content (AvgIpc) is 3.41. The highest BCUT2D eigenvalue weighted by molar-refractivity contribution is 6.46. The molecule has 0 unspecified atom stereocenters. The molecule has 0 atom stereocenters. The summed E-state index contributed by atoms with van der Waals surface area (Å²) in [5.41, 5.74) is 7.11. The minimum atomic E-state index is -0.612. The molecule has 0 bridgehead atoms. The van der Waals surface area contributed by atoms with Gasteiger partial charge in [-0.25, -0.2) is 9.98 Å². The third-order valence-corrected chi connectivity index (χ3v) is 3.56. The van der Waals surface area contributed by atoms with E-state index in [0.29, 0.717) is 23.6 Å². The molecule has 2 N–H and O–H groups in total. The van der Waals surface area contributed by atoms with Gasteiger partial charge in [-0.2, -0.15) is 0 Å². The maximum absolute atomic E-state index is 11.7. The van der Waals surface area contributed by atoms with E-state index in [4.69, 9.17) is 10.5 Å². The van der Waals surface area contributed by atoms with Crippen LogP contribution in [0.1, 0.15) is 12.0 Å². The van der Waals surface area contributed by atoms with Crippen LogP contribution < -0.4 is 10.5 Å². The number of fused-ring (bicyclic) bond motifs is 1. The van der Waals surface area contributed by atoms with Gasteiger partial charge in [0.05, 0.1) is 0 Å². The fourth-order valence-electron chi connectivity index (χ4n) is 2.23. The van der Waals surface area contributed by atoms with Crippen LogP contribution in [-0.4, -0.2) is 22.8 Å². The number of amides is 1. The van der Waals surface area contributed by atoms with Gasteiger partial charge in [0.1, 0.15) is 11.5 Å². The standard InChI is InChI=1S/C21H18N4O2/c22-20(26)19-17-15-18(17)27-21-16(10-8-12-25-21)9-6-4-2-1-3-5-7-11-23-13-14-24-19/h1-14H,15H2,(H2,22,26)/b3-1-,4-2-,7-5-,9-6-,14-13-,23-11+,24-19?. The Labute approximate surface area is 157 Å². The van der Waals surface area contributed by atoms with Crippen molar-refractivity contribution >= 4 is 23.9 Å². The highest BCUT2D eigenvalue weighted by Crippen LogP contribution is 2.35. The van der Waals surface area contributed by atoms with E-state index < -0.39 is 5.91 Å². The van der Waals surface area contributed by atoms with Crippen LogP contribution in [0.2, 0.25) is 0 Å².